The molecular weight excluding hydrogens is 400 g/mol. The van der Waals surface area contributed by atoms with Crippen LogP contribution in [0.25, 0.3) is 0 Å². The van der Waals surface area contributed by atoms with E-state index in [1.165, 1.54) is 0 Å². The van der Waals surface area contributed by atoms with E-state index in [-0.39, 0.29) is 64.3 Å². The van der Waals surface area contributed by atoms with Crippen LogP contribution in [0.1, 0.15) is 0 Å². The monoisotopic (exact) mass is 408 g/mol. The minimum atomic E-state index is 0. The smallest absolute Gasteiger partial charge is 1.00 e. The van der Waals surface area contributed by atoms with Crippen LogP contribution in [-0.4, -0.2) is 0 Å². The molecule has 0 heterocycles. The maximum atomic E-state index is 8.00. The molecule has 12 heavy (non-hydrogen) atoms. The van der Waals surface area contributed by atoms with Gasteiger partial charge in [-0.25, -0.2) is 0 Å². The van der Waals surface area contributed by atoms with Crippen LogP contribution in [-0.2, 0) is 21.1 Å². The Bertz CT molecular complexity index is 42.4. The van der Waals surface area contributed by atoms with E-state index in [1.807, 2.05) is 0 Å². The molecule has 0 aromatic heterocycles. The number of hydrogen-bond acceptors (Lipinski definition) is 9. The van der Waals surface area contributed by atoms with Crippen LogP contribution in [0.3, 0.4) is 0 Å². The van der Waals surface area contributed by atoms with Gasteiger partial charge in [0.25, 0.3) is 0 Å². The summed E-state index contributed by atoms with van der Waals surface area (Å²) in [5.74, 6) is 0. The predicted molar refractivity (Wildman–Crippen MR) is 33.4 cm³/mol. The number of hydrogen-bond donors (Lipinski definition) is 3. The van der Waals surface area contributed by atoms with Gasteiger partial charge in [-0.1, -0.05) is 0 Å². The van der Waals surface area contributed by atoms with E-state index >= 15 is 0 Å². The molecule has 0 aromatic rings. The SMILES string of the molecule is N.N.N.O=N[O-].O=N[O-].[Cl-].[Cl-].[Pt+2]. The van der Waals surface area contributed by atoms with Crippen LogP contribution in [0.5, 0.6) is 0 Å². The van der Waals surface area contributed by atoms with Crippen molar-refractivity contribution in [2.24, 2.45) is 10.7 Å². The van der Waals surface area contributed by atoms with E-state index < -0.39 is 0 Å². The van der Waals surface area contributed by atoms with Gasteiger partial charge in [0, 0.05) is 0 Å². The summed E-state index contributed by atoms with van der Waals surface area (Å²) in [5.41, 5.74) is 0. The molecule has 0 aromatic carbocycles. The first kappa shape index (κ1) is 91.9. The first-order chi connectivity index (χ1) is 2.83. The average Bonchev–Trinajstić information content (AvgIpc) is 1.39. The van der Waals surface area contributed by atoms with Crippen molar-refractivity contribution in [3.8, 4) is 0 Å². The van der Waals surface area contributed by atoms with Crippen molar-refractivity contribution in [3.05, 3.63) is 20.2 Å². The fourth-order valence-electron chi connectivity index (χ4n) is 0. The van der Waals surface area contributed by atoms with Gasteiger partial charge in [0.2, 0.25) is 0 Å². The standard InChI is InChI=1S/2ClH.2HNO2.3H3N.Pt/c;;2*2-1-3;;;;/h2*1H;2*(H,2,3);3*1H3;/q;;;;;;;+2/p-4. The molecule has 0 saturated carbocycles. The van der Waals surface area contributed by atoms with Crippen molar-refractivity contribution in [2.45, 2.75) is 0 Å². The minimum absolute atomic E-state index is 0. The summed E-state index contributed by atoms with van der Waals surface area (Å²) in [5, 5.41) is 18.0. The van der Waals surface area contributed by atoms with Crippen LogP contribution >= 0.6 is 0 Å². The summed E-state index contributed by atoms with van der Waals surface area (Å²) < 4.78 is 0. The third-order valence-electron chi connectivity index (χ3n) is 0. The van der Waals surface area contributed by atoms with E-state index in [0.717, 1.165) is 10.7 Å². The summed E-state index contributed by atoms with van der Waals surface area (Å²) in [4.78, 5) is 16.0. The van der Waals surface area contributed by atoms with E-state index in [1.54, 1.807) is 0 Å². The average molecular weight is 409 g/mol. The quantitative estimate of drug-likeness (QED) is 0.262. The molecule has 0 rings (SSSR count). The Morgan fingerprint density at radius 2 is 0.750 bits per heavy atom. The second-order valence-electron chi connectivity index (χ2n) is 0.149. The van der Waals surface area contributed by atoms with Crippen molar-refractivity contribution in [3.63, 3.8) is 0 Å². The zero-order valence-electron chi connectivity index (χ0n) is 5.72. The normalized spacial score (nSPS) is 2.00. The molecule has 0 saturated heterocycles. The summed E-state index contributed by atoms with van der Waals surface area (Å²) in [6, 6.07) is 0. The maximum absolute atomic E-state index is 8.00. The fourth-order valence-corrected chi connectivity index (χ4v) is 0. The Balaban J connectivity index is -0.00000000296. The second kappa shape index (κ2) is 285. The largest absolute Gasteiger partial charge is 2.00 e. The molecule has 0 aliphatic heterocycles. The molecule has 0 bridgehead atoms. The van der Waals surface area contributed by atoms with Gasteiger partial charge in [-0.2, -0.15) is 0 Å². The molecule has 0 unspecified atom stereocenters. The Labute approximate surface area is 95.4 Å². The maximum Gasteiger partial charge on any atom is 2.00 e. The zero-order valence-corrected chi connectivity index (χ0v) is 9.50. The van der Waals surface area contributed by atoms with Gasteiger partial charge in [-0.15, -0.1) is 10.7 Å². The molecule has 0 amide bonds. The van der Waals surface area contributed by atoms with Crippen LogP contribution in [0.15, 0.2) is 10.7 Å². The van der Waals surface area contributed by atoms with Crippen LogP contribution < -0.4 is 43.3 Å². The Morgan fingerprint density at radius 1 is 0.750 bits per heavy atom. The van der Waals surface area contributed by atoms with Gasteiger partial charge in [0.1, 0.15) is 0 Å². The van der Waals surface area contributed by atoms with Gasteiger partial charge in [-0.05, 0) is 0 Å². The summed E-state index contributed by atoms with van der Waals surface area (Å²) >= 11 is 0. The molecule has 12 heteroatoms. The van der Waals surface area contributed by atoms with Crippen molar-refractivity contribution >= 4 is 0 Å². The molecule has 0 fully saturated rings. The third kappa shape index (κ3) is 298000. The Hall–Kier alpha value is -0.0517. The van der Waals surface area contributed by atoms with E-state index in [9.17, 15) is 0 Å². The van der Waals surface area contributed by atoms with E-state index in [4.69, 9.17) is 20.2 Å². The third-order valence-corrected chi connectivity index (χ3v) is 0. The topological polar surface area (TPSA) is 210 Å². The molecule has 0 radical (unpaired) electrons. The van der Waals surface area contributed by atoms with Crippen LogP contribution in [0, 0.1) is 20.2 Å². The van der Waals surface area contributed by atoms with Crippen molar-refractivity contribution in [1.82, 2.24) is 18.5 Å². The zero-order chi connectivity index (χ0) is 5.41. The predicted octanol–water partition coefficient (Wildman–Crippen LogP) is -5.01. The molecule has 84 valence electrons. The van der Waals surface area contributed by atoms with Crippen molar-refractivity contribution in [1.29, 1.82) is 0 Å². The number of halogens is 2. The van der Waals surface area contributed by atoms with Crippen LogP contribution in [0.4, 0.5) is 0 Å². The summed E-state index contributed by atoms with van der Waals surface area (Å²) in [6.45, 7) is 0. The van der Waals surface area contributed by atoms with Gasteiger partial charge in [-0.3, -0.25) is 0 Å². The van der Waals surface area contributed by atoms with Gasteiger partial charge < -0.3 is 63.5 Å². The van der Waals surface area contributed by atoms with E-state index in [0.29, 0.717) is 0 Å². The van der Waals surface area contributed by atoms with Crippen LogP contribution in [0.2, 0.25) is 0 Å². The van der Waals surface area contributed by atoms with Gasteiger partial charge in [0.05, 0.1) is 0 Å². The van der Waals surface area contributed by atoms with Gasteiger partial charge >= 0.3 is 21.1 Å². The summed E-state index contributed by atoms with van der Waals surface area (Å²) in [7, 11) is 0. The molecule has 9 nitrogen and oxygen atoms in total. The minimum Gasteiger partial charge on any atom is -1.00 e. The molecule has 0 atom stereocenters. The Kier molecular flexibility index (Phi) is 2190. The Morgan fingerprint density at radius 3 is 0.750 bits per heavy atom. The van der Waals surface area contributed by atoms with E-state index in [2.05, 4.69) is 0 Å². The van der Waals surface area contributed by atoms with Crippen molar-refractivity contribution in [2.75, 3.05) is 0 Å². The number of rotatable bonds is 0. The van der Waals surface area contributed by atoms with Crippen molar-refractivity contribution < 1.29 is 45.9 Å². The molecule has 9 N–H and O–H groups in total. The molecular formula is H9Cl2N5O4Pt-2. The second-order valence-corrected chi connectivity index (χ2v) is 0.149. The summed E-state index contributed by atoms with van der Waals surface area (Å²) in [6.07, 6.45) is 0. The molecule has 0 aliphatic carbocycles. The first-order valence-corrected chi connectivity index (χ1v) is 0.730. The fraction of sp³-hybridized carbons (Fsp3) is 0. The molecule has 0 aliphatic rings. The van der Waals surface area contributed by atoms with Gasteiger partial charge in [0.15, 0.2) is 0 Å². The first-order valence-electron chi connectivity index (χ1n) is 0.730. The number of nitrogens with zero attached hydrogens (tertiary/aromatic N) is 2. The molecule has 0 spiro atoms.